The van der Waals surface area contributed by atoms with Crippen LogP contribution in [0.3, 0.4) is 0 Å². The molecule has 0 atom stereocenters. The summed E-state index contributed by atoms with van der Waals surface area (Å²) >= 11 is 6.00. The lowest BCUT2D eigenvalue weighted by Crippen LogP contribution is -2.05. The Bertz CT molecular complexity index is 346. The normalized spacial score (nSPS) is 11.5. The number of halogens is 1. The molecule has 1 rings (SSSR count). The van der Waals surface area contributed by atoms with E-state index >= 15 is 0 Å². The third-order valence-electron chi connectivity index (χ3n) is 1.78. The molecule has 2 N–H and O–H groups in total. The third-order valence-corrected chi connectivity index (χ3v) is 2.14. The van der Waals surface area contributed by atoms with Gasteiger partial charge < -0.3 is 10.5 Å². The van der Waals surface area contributed by atoms with Crippen LogP contribution in [0, 0.1) is 0 Å². The van der Waals surface area contributed by atoms with E-state index in [0.717, 1.165) is 11.3 Å². The van der Waals surface area contributed by atoms with Crippen LogP contribution in [0.25, 0.3) is 0 Å². The van der Waals surface area contributed by atoms with Crippen molar-refractivity contribution in [2.75, 3.05) is 7.11 Å². The highest BCUT2D eigenvalue weighted by Gasteiger charge is 2.05. The average Bonchev–Trinajstić information content (AvgIpc) is 2.15. The van der Waals surface area contributed by atoms with Crippen molar-refractivity contribution in [1.29, 1.82) is 0 Å². The number of ether oxygens (including phenoxy) is 1. The van der Waals surface area contributed by atoms with Gasteiger partial charge in [0.15, 0.2) is 0 Å². The maximum Gasteiger partial charge on any atom is 0.125 e. The minimum Gasteiger partial charge on any atom is -0.496 e. The molecule has 0 amide bonds. The predicted octanol–water partition coefficient (Wildman–Crippen LogP) is 2.23. The Morgan fingerprint density at radius 3 is 2.86 bits per heavy atom. The summed E-state index contributed by atoms with van der Waals surface area (Å²) in [5.41, 5.74) is 6.31. The lowest BCUT2D eigenvalue weighted by molar-refractivity contribution is 0.410. The van der Waals surface area contributed by atoms with E-state index in [9.17, 15) is 0 Å². The fourth-order valence-corrected chi connectivity index (χ4v) is 1.31. The molecule has 0 unspecified atom stereocenters. The van der Waals surface area contributed by atoms with Crippen LogP contribution in [0.15, 0.2) is 23.2 Å². The van der Waals surface area contributed by atoms with Crippen LogP contribution in [0.2, 0.25) is 5.02 Å². The Hall–Kier alpha value is -1.22. The molecule has 0 bridgehead atoms. The molecule has 0 heterocycles. The SMILES string of the molecule is COc1cccc(Cl)c1CN=C(C)N. The van der Waals surface area contributed by atoms with Crippen molar-refractivity contribution >= 4 is 17.4 Å². The van der Waals surface area contributed by atoms with Crippen LogP contribution in [0.1, 0.15) is 12.5 Å². The highest BCUT2D eigenvalue weighted by atomic mass is 35.5. The molecule has 4 heteroatoms. The first-order chi connectivity index (χ1) is 6.65. The Morgan fingerprint density at radius 1 is 1.57 bits per heavy atom. The van der Waals surface area contributed by atoms with Crippen molar-refractivity contribution < 1.29 is 4.74 Å². The fourth-order valence-electron chi connectivity index (χ4n) is 1.09. The summed E-state index contributed by atoms with van der Waals surface area (Å²) in [4.78, 5) is 4.09. The molecule has 0 saturated heterocycles. The van der Waals surface area contributed by atoms with Gasteiger partial charge in [0.2, 0.25) is 0 Å². The van der Waals surface area contributed by atoms with Gasteiger partial charge >= 0.3 is 0 Å². The molecule has 0 aliphatic heterocycles. The van der Waals surface area contributed by atoms with E-state index in [1.807, 2.05) is 12.1 Å². The maximum absolute atomic E-state index is 6.00. The molecule has 1 aromatic carbocycles. The molecule has 1 aromatic rings. The zero-order valence-corrected chi connectivity index (χ0v) is 9.01. The number of rotatable bonds is 3. The molecule has 0 saturated carbocycles. The van der Waals surface area contributed by atoms with E-state index in [-0.39, 0.29) is 0 Å². The van der Waals surface area contributed by atoms with Gasteiger partial charge in [-0.05, 0) is 19.1 Å². The third kappa shape index (κ3) is 2.64. The molecule has 0 aliphatic rings. The zero-order chi connectivity index (χ0) is 10.6. The number of nitrogens with two attached hydrogens (primary N) is 1. The van der Waals surface area contributed by atoms with Crippen LogP contribution in [-0.4, -0.2) is 12.9 Å². The fraction of sp³-hybridized carbons (Fsp3) is 0.300. The quantitative estimate of drug-likeness (QED) is 0.617. The van der Waals surface area contributed by atoms with Gasteiger partial charge in [-0.25, -0.2) is 0 Å². The van der Waals surface area contributed by atoms with Crippen LogP contribution < -0.4 is 10.5 Å². The number of amidine groups is 1. The lowest BCUT2D eigenvalue weighted by atomic mass is 10.2. The monoisotopic (exact) mass is 212 g/mol. The first kappa shape index (κ1) is 10.9. The topological polar surface area (TPSA) is 47.6 Å². The van der Waals surface area contributed by atoms with Crippen LogP contribution >= 0.6 is 11.6 Å². The van der Waals surface area contributed by atoms with Crippen LogP contribution in [0.5, 0.6) is 5.75 Å². The van der Waals surface area contributed by atoms with Crippen molar-refractivity contribution in [3.8, 4) is 5.75 Å². The van der Waals surface area contributed by atoms with Crippen molar-refractivity contribution in [2.24, 2.45) is 10.7 Å². The van der Waals surface area contributed by atoms with Gasteiger partial charge in [0.05, 0.1) is 19.5 Å². The summed E-state index contributed by atoms with van der Waals surface area (Å²) in [7, 11) is 1.61. The van der Waals surface area contributed by atoms with Crippen molar-refractivity contribution in [2.45, 2.75) is 13.5 Å². The molecule has 0 aromatic heterocycles. The largest absolute Gasteiger partial charge is 0.496 e. The summed E-state index contributed by atoms with van der Waals surface area (Å²) < 4.78 is 5.16. The van der Waals surface area contributed by atoms with Crippen molar-refractivity contribution in [1.82, 2.24) is 0 Å². The Morgan fingerprint density at radius 2 is 2.29 bits per heavy atom. The number of benzene rings is 1. The number of aliphatic imine (C=N–C) groups is 1. The number of nitrogens with zero attached hydrogens (tertiary/aromatic N) is 1. The molecule has 14 heavy (non-hydrogen) atoms. The number of hydrogen-bond acceptors (Lipinski definition) is 2. The molecule has 0 spiro atoms. The Balaban J connectivity index is 2.99. The van der Waals surface area contributed by atoms with E-state index in [4.69, 9.17) is 22.1 Å². The molecule has 0 aliphatic carbocycles. The summed E-state index contributed by atoms with van der Waals surface area (Å²) in [5.74, 6) is 1.27. The van der Waals surface area contributed by atoms with Gasteiger partial charge in [0, 0.05) is 10.6 Å². The van der Waals surface area contributed by atoms with E-state index in [2.05, 4.69) is 4.99 Å². The van der Waals surface area contributed by atoms with Gasteiger partial charge in [0.1, 0.15) is 5.75 Å². The van der Waals surface area contributed by atoms with Gasteiger partial charge in [-0.15, -0.1) is 0 Å². The second-order valence-corrected chi connectivity index (χ2v) is 3.29. The maximum atomic E-state index is 6.00. The van der Waals surface area contributed by atoms with Crippen LogP contribution in [0.4, 0.5) is 0 Å². The first-order valence-corrected chi connectivity index (χ1v) is 4.61. The average molecular weight is 213 g/mol. The first-order valence-electron chi connectivity index (χ1n) is 4.23. The molecule has 76 valence electrons. The van der Waals surface area contributed by atoms with Gasteiger partial charge in [-0.3, -0.25) is 4.99 Å². The minimum absolute atomic E-state index is 0.450. The summed E-state index contributed by atoms with van der Waals surface area (Å²) in [6, 6.07) is 5.49. The minimum atomic E-state index is 0.450. The van der Waals surface area contributed by atoms with Gasteiger partial charge in [0.25, 0.3) is 0 Å². The Labute approximate surface area is 88.5 Å². The lowest BCUT2D eigenvalue weighted by Gasteiger charge is -2.07. The molecular weight excluding hydrogens is 200 g/mol. The van der Waals surface area contributed by atoms with E-state index in [1.165, 1.54) is 0 Å². The molecule has 3 nitrogen and oxygen atoms in total. The second-order valence-electron chi connectivity index (χ2n) is 2.88. The molecule has 0 fully saturated rings. The van der Waals surface area contributed by atoms with E-state index in [0.29, 0.717) is 17.4 Å². The summed E-state index contributed by atoms with van der Waals surface area (Å²) in [6.45, 7) is 2.19. The standard InChI is InChI=1S/C10H13ClN2O/c1-7(12)13-6-8-9(11)4-3-5-10(8)14-2/h3-5H,6H2,1-2H3,(H2,12,13). The van der Waals surface area contributed by atoms with Crippen molar-refractivity contribution in [3.05, 3.63) is 28.8 Å². The zero-order valence-electron chi connectivity index (χ0n) is 8.25. The molecular formula is C10H13ClN2O. The van der Waals surface area contributed by atoms with Gasteiger partial charge in [-0.2, -0.15) is 0 Å². The van der Waals surface area contributed by atoms with Gasteiger partial charge in [-0.1, -0.05) is 17.7 Å². The van der Waals surface area contributed by atoms with E-state index in [1.54, 1.807) is 20.1 Å². The number of hydrogen-bond donors (Lipinski definition) is 1. The molecule has 0 radical (unpaired) electrons. The van der Waals surface area contributed by atoms with Crippen molar-refractivity contribution in [3.63, 3.8) is 0 Å². The smallest absolute Gasteiger partial charge is 0.125 e. The highest BCUT2D eigenvalue weighted by molar-refractivity contribution is 6.31. The summed E-state index contributed by atoms with van der Waals surface area (Å²) in [5, 5.41) is 0.648. The highest BCUT2D eigenvalue weighted by Crippen LogP contribution is 2.26. The Kier molecular flexibility index (Phi) is 3.77. The van der Waals surface area contributed by atoms with Crippen LogP contribution in [-0.2, 0) is 6.54 Å². The summed E-state index contributed by atoms with van der Waals surface area (Å²) in [6.07, 6.45) is 0. The second kappa shape index (κ2) is 4.86. The van der Waals surface area contributed by atoms with E-state index < -0.39 is 0 Å². The predicted molar refractivity (Wildman–Crippen MR) is 59.0 cm³/mol. The number of methoxy groups -OCH3 is 1.